The third kappa shape index (κ3) is 6.27. The molecule has 1 aliphatic rings. The number of hydrogen-bond acceptors (Lipinski definition) is 3. The molecule has 0 bridgehead atoms. The quantitative estimate of drug-likeness (QED) is 0.399. The Morgan fingerprint density at radius 1 is 1.19 bits per heavy atom. The molecule has 172 valence electrons. The molecule has 3 rings (SSSR count). The zero-order chi connectivity index (χ0) is 23.4. The number of rotatable bonds is 6. The lowest BCUT2D eigenvalue weighted by Gasteiger charge is -2.37. The lowest BCUT2D eigenvalue weighted by molar-refractivity contribution is 0.137. The van der Waals surface area contributed by atoms with Crippen molar-refractivity contribution in [1.29, 1.82) is 0 Å². The number of carbonyl (C=O) groups excluding carboxylic acids is 1. The standard InChI is InChI=1S/C26H36N2O3Si/c1-20-12-17-24(31-20)19-28(23-10-7-11-23)25(29)27-22-15-13-21(14-16-22)9-8-18-30-32(5,6)26(2,3)4/h12-17,23H,7,10-11,18-19H2,1-6H3,(H,27,29). The molecule has 0 saturated heterocycles. The molecule has 2 aromatic rings. The van der Waals surface area contributed by atoms with Crippen molar-refractivity contribution in [2.45, 2.75) is 77.7 Å². The summed E-state index contributed by atoms with van der Waals surface area (Å²) >= 11 is 0. The Balaban J connectivity index is 1.57. The van der Waals surface area contributed by atoms with Crippen LogP contribution in [0.1, 0.15) is 57.1 Å². The van der Waals surface area contributed by atoms with Crippen molar-refractivity contribution in [2.24, 2.45) is 0 Å². The fraction of sp³-hybridized carbons (Fsp3) is 0.500. The minimum Gasteiger partial charge on any atom is -0.464 e. The van der Waals surface area contributed by atoms with E-state index >= 15 is 0 Å². The molecular weight excluding hydrogens is 416 g/mol. The van der Waals surface area contributed by atoms with Gasteiger partial charge in [-0.1, -0.05) is 32.6 Å². The van der Waals surface area contributed by atoms with Crippen LogP contribution >= 0.6 is 0 Å². The van der Waals surface area contributed by atoms with Crippen molar-refractivity contribution < 1.29 is 13.6 Å². The number of nitrogens with zero attached hydrogens (tertiary/aromatic N) is 1. The van der Waals surface area contributed by atoms with Crippen LogP contribution in [0.4, 0.5) is 10.5 Å². The van der Waals surface area contributed by atoms with Gasteiger partial charge < -0.3 is 19.1 Å². The van der Waals surface area contributed by atoms with Gasteiger partial charge in [0.1, 0.15) is 11.5 Å². The molecule has 1 saturated carbocycles. The predicted molar refractivity (Wildman–Crippen MR) is 132 cm³/mol. The summed E-state index contributed by atoms with van der Waals surface area (Å²) in [5.41, 5.74) is 1.67. The van der Waals surface area contributed by atoms with Gasteiger partial charge >= 0.3 is 6.03 Å². The lowest BCUT2D eigenvalue weighted by Crippen LogP contribution is -2.45. The molecule has 1 heterocycles. The first-order chi connectivity index (χ1) is 15.0. The molecule has 1 N–H and O–H groups in total. The van der Waals surface area contributed by atoms with Gasteiger partial charge in [0.2, 0.25) is 0 Å². The number of furan rings is 1. The molecule has 0 radical (unpaired) electrons. The molecule has 1 fully saturated rings. The highest BCUT2D eigenvalue weighted by Crippen LogP contribution is 2.36. The van der Waals surface area contributed by atoms with Crippen LogP contribution in [0, 0.1) is 18.8 Å². The first-order valence-corrected chi connectivity index (χ1v) is 14.3. The minimum absolute atomic E-state index is 0.0923. The molecule has 6 heteroatoms. The number of carbonyl (C=O) groups is 1. The van der Waals surface area contributed by atoms with E-state index in [-0.39, 0.29) is 17.1 Å². The van der Waals surface area contributed by atoms with E-state index in [0.29, 0.717) is 13.2 Å². The molecule has 0 atom stereocenters. The summed E-state index contributed by atoms with van der Waals surface area (Å²) in [6, 6.07) is 11.7. The Hall–Kier alpha value is -2.49. The molecule has 2 amide bonds. The topological polar surface area (TPSA) is 54.7 Å². The molecule has 1 aromatic carbocycles. The van der Waals surface area contributed by atoms with Crippen LogP contribution in [-0.4, -0.2) is 31.9 Å². The average molecular weight is 453 g/mol. The van der Waals surface area contributed by atoms with Crippen molar-refractivity contribution in [3.8, 4) is 11.8 Å². The third-order valence-electron chi connectivity index (χ3n) is 6.58. The second-order valence-electron chi connectivity index (χ2n) is 10.1. The average Bonchev–Trinajstić information content (AvgIpc) is 3.08. The van der Waals surface area contributed by atoms with Gasteiger partial charge in [-0.15, -0.1) is 0 Å². The Morgan fingerprint density at radius 3 is 2.41 bits per heavy atom. The monoisotopic (exact) mass is 452 g/mol. The fourth-order valence-electron chi connectivity index (χ4n) is 3.21. The number of benzene rings is 1. The molecule has 0 spiro atoms. The van der Waals surface area contributed by atoms with Crippen molar-refractivity contribution in [3.63, 3.8) is 0 Å². The molecule has 5 nitrogen and oxygen atoms in total. The van der Waals surface area contributed by atoms with Gasteiger partial charge in [-0.2, -0.15) is 0 Å². The van der Waals surface area contributed by atoms with Gasteiger partial charge in [-0.3, -0.25) is 0 Å². The number of amides is 2. The van der Waals surface area contributed by atoms with Crippen LogP contribution in [-0.2, 0) is 11.0 Å². The molecule has 1 aliphatic carbocycles. The molecule has 0 unspecified atom stereocenters. The Labute approximate surface area is 193 Å². The van der Waals surface area contributed by atoms with Gasteiger partial charge in [0.15, 0.2) is 8.32 Å². The van der Waals surface area contributed by atoms with Crippen LogP contribution in [0.5, 0.6) is 0 Å². The Morgan fingerprint density at radius 2 is 1.88 bits per heavy atom. The highest BCUT2D eigenvalue weighted by atomic mass is 28.4. The third-order valence-corrected chi connectivity index (χ3v) is 11.1. The number of nitrogens with one attached hydrogen (secondary N) is 1. The summed E-state index contributed by atoms with van der Waals surface area (Å²) in [5.74, 6) is 7.96. The van der Waals surface area contributed by atoms with Crippen LogP contribution in [0.2, 0.25) is 18.1 Å². The maximum Gasteiger partial charge on any atom is 0.322 e. The summed E-state index contributed by atoms with van der Waals surface area (Å²) in [4.78, 5) is 14.8. The molecular formula is C26H36N2O3Si. The highest BCUT2D eigenvalue weighted by molar-refractivity contribution is 6.74. The molecule has 32 heavy (non-hydrogen) atoms. The van der Waals surface area contributed by atoms with Crippen LogP contribution in [0.15, 0.2) is 40.8 Å². The highest BCUT2D eigenvalue weighted by Gasteiger charge is 2.36. The summed E-state index contributed by atoms with van der Waals surface area (Å²) in [5, 5.41) is 3.21. The van der Waals surface area contributed by atoms with Crippen LogP contribution in [0.25, 0.3) is 0 Å². The van der Waals surface area contributed by atoms with Crippen molar-refractivity contribution in [3.05, 3.63) is 53.5 Å². The van der Waals surface area contributed by atoms with Gasteiger partial charge in [0, 0.05) is 17.3 Å². The maximum atomic E-state index is 13.0. The number of aryl methyl sites for hydroxylation is 1. The zero-order valence-electron chi connectivity index (χ0n) is 20.2. The van der Waals surface area contributed by atoms with E-state index in [4.69, 9.17) is 8.84 Å². The van der Waals surface area contributed by atoms with Gasteiger partial charge in [0.25, 0.3) is 0 Å². The van der Waals surface area contributed by atoms with E-state index < -0.39 is 8.32 Å². The van der Waals surface area contributed by atoms with Crippen molar-refractivity contribution in [2.75, 3.05) is 11.9 Å². The smallest absolute Gasteiger partial charge is 0.322 e. The summed E-state index contributed by atoms with van der Waals surface area (Å²) in [7, 11) is -1.78. The van der Waals surface area contributed by atoms with Gasteiger partial charge in [-0.25, -0.2) is 4.79 Å². The summed E-state index contributed by atoms with van der Waals surface area (Å²) in [6.45, 7) is 14.0. The van der Waals surface area contributed by atoms with E-state index in [9.17, 15) is 4.79 Å². The Bertz CT molecular complexity index is 973. The largest absolute Gasteiger partial charge is 0.464 e. The fourth-order valence-corrected chi connectivity index (χ4v) is 4.07. The SMILES string of the molecule is Cc1ccc(CN(C(=O)Nc2ccc(C#CCO[Si](C)(C)C(C)(C)C)cc2)C2CCC2)o1. The van der Waals surface area contributed by atoms with E-state index in [1.807, 2.05) is 48.2 Å². The number of hydrogen-bond donors (Lipinski definition) is 1. The van der Waals surface area contributed by atoms with Crippen LogP contribution in [0.3, 0.4) is 0 Å². The predicted octanol–water partition coefficient (Wildman–Crippen LogP) is 6.55. The van der Waals surface area contributed by atoms with E-state index in [1.165, 1.54) is 0 Å². The molecule has 1 aromatic heterocycles. The van der Waals surface area contributed by atoms with Gasteiger partial charge in [0.05, 0.1) is 13.2 Å². The second-order valence-corrected chi connectivity index (χ2v) is 14.9. The first-order valence-electron chi connectivity index (χ1n) is 11.4. The molecule has 0 aliphatic heterocycles. The summed E-state index contributed by atoms with van der Waals surface area (Å²) in [6.07, 6.45) is 3.25. The minimum atomic E-state index is -1.78. The zero-order valence-corrected chi connectivity index (χ0v) is 21.2. The van der Waals surface area contributed by atoms with E-state index in [1.54, 1.807) is 0 Å². The second kappa shape index (κ2) is 9.97. The van der Waals surface area contributed by atoms with Crippen molar-refractivity contribution >= 4 is 20.0 Å². The first kappa shape index (κ1) is 24.2. The van der Waals surface area contributed by atoms with E-state index in [0.717, 1.165) is 42.0 Å². The normalized spacial score (nSPS) is 14.3. The number of urea groups is 1. The van der Waals surface area contributed by atoms with Crippen LogP contribution < -0.4 is 5.32 Å². The van der Waals surface area contributed by atoms with Gasteiger partial charge in [-0.05, 0) is 80.7 Å². The lowest BCUT2D eigenvalue weighted by atomic mass is 9.91. The maximum absolute atomic E-state index is 13.0. The Kier molecular flexibility index (Phi) is 7.53. The van der Waals surface area contributed by atoms with E-state index in [2.05, 4.69) is 51.0 Å². The van der Waals surface area contributed by atoms with Crippen molar-refractivity contribution in [1.82, 2.24) is 4.90 Å². The summed E-state index contributed by atoms with van der Waals surface area (Å²) < 4.78 is 11.8. The number of anilines is 1.